The van der Waals surface area contributed by atoms with Crippen molar-refractivity contribution in [3.63, 3.8) is 0 Å². The standard InChI is InChI=1S/C13H24N2O4/c1-3-7-15(8-4-2)12(18)14-13(11(16)17)5-9-19-10-6-13/h3-10H2,1-2H3,(H,14,18)(H,16,17). The molecule has 0 atom stereocenters. The molecule has 0 aliphatic carbocycles. The zero-order valence-electron chi connectivity index (χ0n) is 11.8. The van der Waals surface area contributed by atoms with Crippen LogP contribution in [0.25, 0.3) is 0 Å². The van der Waals surface area contributed by atoms with Gasteiger partial charge in [0, 0.05) is 39.1 Å². The van der Waals surface area contributed by atoms with Crippen LogP contribution in [0.3, 0.4) is 0 Å². The van der Waals surface area contributed by atoms with E-state index in [1.54, 1.807) is 4.90 Å². The second kappa shape index (κ2) is 7.33. The first-order chi connectivity index (χ1) is 9.05. The molecule has 1 rings (SSSR count). The lowest BCUT2D eigenvalue weighted by atomic mass is 9.90. The third-order valence-electron chi connectivity index (χ3n) is 3.38. The van der Waals surface area contributed by atoms with Gasteiger partial charge in [-0.15, -0.1) is 0 Å². The Hall–Kier alpha value is -1.30. The summed E-state index contributed by atoms with van der Waals surface area (Å²) in [4.78, 5) is 25.4. The molecule has 1 aliphatic heterocycles. The van der Waals surface area contributed by atoms with Crippen molar-refractivity contribution in [2.45, 2.75) is 45.1 Å². The number of rotatable bonds is 6. The van der Waals surface area contributed by atoms with Crippen molar-refractivity contribution < 1.29 is 19.4 Å². The summed E-state index contributed by atoms with van der Waals surface area (Å²) in [6.07, 6.45) is 2.35. The molecule has 1 heterocycles. The van der Waals surface area contributed by atoms with E-state index in [0.29, 0.717) is 39.1 Å². The number of urea groups is 1. The highest BCUT2D eigenvalue weighted by molar-refractivity contribution is 5.86. The molecule has 1 fully saturated rings. The largest absolute Gasteiger partial charge is 0.480 e. The van der Waals surface area contributed by atoms with Gasteiger partial charge >= 0.3 is 12.0 Å². The topological polar surface area (TPSA) is 78.9 Å². The minimum Gasteiger partial charge on any atom is -0.480 e. The van der Waals surface area contributed by atoms with Gasteiger partial charge < -0.3 is 20.1 Å². The maximum atomic E-state index is 12.2. The number of hydrogen-bond acceptors (Lipinski definition) is 3. The van der Waals surface area contributed by atoms with Crippen LogP contribution >= 0.6 is 0 Å². The van der Waals surface area contributed by atoms with Crippen LogP contribution < -0.4 is 5.32 Å². The van der Waals surface area contributed by atoms with Crippen molar-refractivity contribution in [3.8, 4) is 0 Å². The van der Waals surface area contributed by atoms with Gasteiger partial charge in [0.1, 0.15) is 5.54 Å². The SMILES string of the molecule is CCCN(CCC)C(=O)NC1(C(=O)O)CCOCC1. The van der Waals surface area contributed by atoms with Gasteiger partial charge in [-0.2, -0.15) is 0 Å². The predicted molar refractivity (Wildman–Crippen MR) is 71.1 cm³/mol. The van der Waals surface area contributed by atoms with Gasteiger partial charge in [-0.3, -0.25) is 0 Å². The highest BCUT2D eigenvalue weighted by atomic mass is 16.5. The normalized spacial score (nSPS) is 17.8. The lowest BCUT2D eigenvalue weighted by Crippen LogP contribution is -2.60. The number of carboxylic acids is 1. The molecule has 0 unspecified atom stereocenters. The Bertz CT molecular complexity index is 308. The first-order valence-electron chi connectivity index (χ1n) is 6.94. The van der Waals surface area contributed by atoms with Crippen LogP contribution in [0.2, 0.25) is 0 Å². The number of hydrogen-bond donors (Lipinski definition) is 2. The highest BCUT2D eigenvalue weighted by Gasteiger charge is 2.42. The van der Waals surface area contributed by atoms with Gasteiger partial charge in [-0.05, 0) is 12.8 Å². The maximum Gasteiger partial charge on any atom is 0.329 e. The zero-order valence-corrected chi connectivity index (χ0v) is 11.8. The molecule has 19 heavy (non-hydrogen) atoms. The molecule has 2 N–H and O–H groups in total. The molecule has 6 heteroatoms. The Morgan fingerprint density at radius 2 is 1.74 bits per heavy atom. The van der Waals surface area contributed by atoms with Crippen LogP contribution in [0.1, 0.15) is 39.5 Å². The van der Waals surface area contributed by atoms with Crippen LogP contribution in [0.5, 0.6) is 0 Å². The van der Waals surface area contributed by atoms with E-state index in [-0.39, 0.29) is 6.03 Å². The van der Waals surface area contributed by atoms with Crippen LogP contribution in [-0.4, -0.2) is 53.8 Å². The first-order valence-corrected chi connectivity index (χ1v) is 6.94. The minimum absolute atomic E-state index is 0.284. The molecular weight excluding hydrogens is 248 g/mol. The molecule has 0 saturated carbocycles. The summed E-state index contributed by atoms with van der Waals surface area (Å²) < 4.78 is 5.18. The fraction of sp³-hybridized carbons (Fsp3) is 0.846. The van der Waals surface area contributed by atoms with Gasteiger partial charge in [-0.25, -0.2) is 9.59 Å². The molecule has 6 nitrogen and oxygen atoms in total. The average Bonchev–Trinajstić information content (AvgIpc) is 2.39. The molecule has 1 aliphatic rings. The quantitative estimate of drug-likeness (QED) is 0.767. The molecule has 2 amide bonds. The molecule has 0 radical (unpaired) electrons. The molecular formula is C13H24N2O4. The van der Waals surface area contributed by atoms with Crippen LogP contribution in [0.4, 0.5) is 4.79 Å². The van der Waals surface area contributed by atoms with E-state index in [4.69, 9.17) is 4.74 Å². The molecule has 0 aromatic rings. The fourth-order valence-corrected chi connectivity index (χ4v) is 2.25. The number of nitrogens with one attached hydrogen (secondary N) is 1. The van der Waals surface area contributed by atoms with Gasteiger partial charge in [-0.1, -0.05) is 13.8 Å². The average molecular weight is 272 g/mol. The van der Waals surface area contributed by atoms with Gasteiger partial charge in [0.05, 0.1) is 0 Å². The minimum atomic E-state index is -1.17. The molecule has 110 valence electrons. The zero-order chi connectivity index (χ0) is 14.3. The van der Waals surface area contributed by atoms with Crippen molar-refractivity contribution in [1.29, 1.82) is 0 Å². The van der Waals surface area contributed by atoms with E-state index in [1.807, 2.05) is 13.8 Å². The van der Waals surface area contributed by atoms with Crippen molar-refractivity contribution in [2.24, 2.45) is 0 Å². The Kier molecular flexibility index (Phi) is 6.08. The fourth-order valence-electron chi connectivity index (χ4n) is 2.25. The summed E-state index contributed by atoms with van der Waals surface area (Å²) >= 11 is 0. The molecule has 0 aromatic carbocycles. The predicted octanol–water partition coefficient (Wildman–Crippen LogP) is 1.45. The number of carbonyl (C=O) groups excluding carboxylic acids is 1. The summed E-state index contributed by atoms with van der Waals surface area (Å²) in [6, 6.07) is -0.284. The Morgan fingerprint density at radius 1 is 1.21 bits per heavy atom. The van der Waals surface area contributed by atoms with Gasteiger partial charge in [0.2, 0.25) is 0 Å². The van der Waals surface area contributed by atoms with Crippen molar-refractivity contribution >= 4 is 12.0 Å². The number of carboxylic acid groups (broad SMARTS) is 1. The molecule has 0 aromatic heterocycles. The van der Waals surface area contributed by atoms with E-state index in [9.17, 15) is 14.7 Å². The van der Waals surface area contributed by atoms with Crippen molar-refractivity contribution in [3.05, 3.63) is 0 Å². The summed E-state index contributed by atoms with van der Waals surface area (Å²) in [6.45, 7) is 6.02. The second-order valence-electron chi connectivity index (χ2n) is 4.92. The van der Waals surface area contributed by atoms with Gasteiger partial charge in [0.15, 0.2) is 0 Å². The highest BCUT2D eigenvalue weighted by Crippen LogP contribution is 2.21. The lowest BCUT2D eigenvalue weighted by Gasteiger charge is -2.36. The third kappa shape index (κ3) is 4.09. The van der Waals surface area contributed by atoms with E-state index in [1.165, 1.54) is 0 Å². The number of nitrogens with zero attached hydrogens (tertiary/aromatic N) is 1. The summed E-state index contributed by atoms with van der Waals surface area (Å²) in [5.74, 6) is -0.975. The summed E-state index contributed by atoms with van der Waals surface area (Å²) in [5, 5.41) is 12.1. The number of aliphatic carboxylic acids is 1. The maximum absolute atomic E-state index is 12.2. The smallest absolute Gasteiger partial charge is 0.329 e. The van der Waals surface area contributed by atoms with E-state index >= 15 is 0 Å². The summed E-state index contributed by atoms with van der Waals surface area (Å²) in [5.41, 5.74) is -1.17. The molecule has 1 saturated heterocycles. The molecule has 0 bridgehead atoms. The summed E-state index contributed by atoms with van der Waals surface area (Å²) in [7, 11) is 0. The second-order valence-corrected chi connectivity index (χ2v) is 4.92. The lowest BCUT2D eigenvalue weighted by molar-refractivity contribution is -0.148. The third-order valence-corrected chi connectivity index (χ3v) is 3.38. The molecule has 0 spiro atoms. The Labute approximate surface area is 114 Å². The van der Waals surface area contributed by atoms with Gasteiger partial charge in [0.25, 0.3) is 0 Å². The van der Waals surface area contributed by atoms with Crippen LogP contribution in [0.15, 0.2) is 0 Å². The first kappa shape index (κ1) is 15.8. The monoisotopic (exact) mass is 272 g/mol. The van der Waals surface area contributed by atoms with E-state index < -0.39 is 11.5 Å². The number of amides is 2. The van der Waals surface area contributed by atoms with E-state index in [0.717, 1.165) is 12.8 Å². The number of ether oxygens (including phenoxy) is 1. The van der Waals surface area contributed by atoms with Crippen molar-refractivity contribution in [1.82, 2.24) is 10.2 Å². The van der Waals surface area contributed by atoms with Crippen molar-refractivity contribution in [2.75, 3.05) is 26.3 Å². The van der Waals surface area contributed by atoms with Crippen LogP contribution in [0, 0.1) is 0 Å². The Morgan fingerprint density at radius 3 is 2.16 bits per heavy atom. The Balaban J connectivity index is 2.71. The van der Waals surface area contributed by atoms with E-state index in [2.05, 4.69) is 5.32 Å². The van der Waals surface area contributed by atoms with Crippen LogP contribution in [-0.2, 0) is 9.53 Å². The number of carbonyl (C=O) groups is 2.